The molecule has 1 fully saturated rings. The van der Waals surface area contributed by atoms with Crippen LogP contribution in [0.25, 0.3) is 0 Å². The van der Waals surface area contributed by atoms with Gasteiger partial charge in [0.05, 0.1) is 6.10 Å². The molecule has 1 aliphatic carbocycles. The lowest BCUT2D eigenvalue weighted by atomic mass is 10.1. The van der Waals surface area contributed by atoms with Gasteiger partial charge in [-0.25, -0.2) is 0 Å². The van der Waals surface area contributed by atoms with Gasteiger partial charge in [0, 0.05) is 25.3 Å². The van der Waals surface area contributed by atoms with Crippen molar-refractivity contribution in [1.29, 1.82) is 0 Å². The van der Waals surface area contributed by atoms with E-state index in [0.29, 0.717) is 24.7 Å². The molecule has 6 heteroatoms. The topological polar surface area (TPSA) is 88.2 Å². The maximum Gasteiger partial charge on any atom is 0.227 e. The van der Waals surface area contributed by atoms with Crippen LogP contribution in [0.1, 0.15) is 50.7 Å². The molecule has 2 N–H and O–H groups in total. The Morgan fingerprint density at radius 2 is 2.26 bits per heavy atom. The highest BCUT2D eigenvalue weighted by atomic mass is 16.5. The fraction of sp³-hybridized carbons (Fsp3) is 0.769. The molecule has 0 bridgehead atoms. The van der Waals surface area contributed by atoms with Crippen molar-refractivity contribution in [3.63, 3.8) is 0 Å². The fourth-order valence-corrected chi connectivity index (χ4v) is 1.64. The standard InChI is InChI=1S/C13H21N3O3/c1-8(2)10(17)7-14-11(18)5-6-12-15-13(16-19-12)9-3-4-9/h8-10,17H,3-7H2,1-2H3,(H,14,18). The van der Waals surface area contributed by atoms with Gasteiger partial charge in [-0.3, -0.25) is 4.79 Å². The number of aliphatic hydroxyl groups is 1. The Kier molecular flexibility index (Phi) is 4.52. The van der Waals surface area contributed by atoms with Gasteiger partial charge < -0.3 is 14.9 Å². The summed E-state index contributed by atoms with van der Waals surface area (Å²) in [6.45, 7) is 4.11. The second-order valence-electron chi connectivity index (χ2n) is 5.44. The summed E-state index contributed by atoms with van der Waals surface area (Å²) < 4.78 is 5.09. The summed E-state index contributed by atoms with van der Waals surface area (Å²) in [4.78, 5) is 15.8. The molecule has 1 amide bonds. The molecule has 0 radical (unpaired) electrons. The molecule has 19 heavy (non-hydrogen) atoms. The first-order chi connectivity index (χ1) is 9.06. The molecule has 1 aromatic rings. The Hall–Kier alpha value is -1.43. The zero-order valence-corrected chi connectivity index (χ0v) is 11.4. The van der Waals surface area contributed by atoms with Crippen LogP contribution in [-0.4, -0.2) is 33.8 Å². The summed E-state index contributed by atoms with van der Waals surface area (Å²) in [7, 11) is 0. The van der Waals surface area contributed by atoms with E-state index in [1.807, 2.05) is 13.8 Å². The van der Waals surface area contributed by atoms with Gasteiger partial charge in [0.2, 0.25) is 11.8 Å². The second kappa shape index (κ2) is 6.14. The van der Waals surface area contributed by atoms with Gasteiger partial charge in [0.1, 0.15) is 0 Å². The molecular weight excluding hydrogens is 246 g/mol. The maximum absolute atomic E-state index is 11.6. The van der Waals surface area contributed by atoms with Gasteiger partial charge in [0.25, 0.3) is 0 Å². The summed E-state index contributed by atoms with van der Waals surface area (Å²) in [6, 6.07) is 0. The Bertz CT molecular complexity index is 427. The number of aryl methyl sites for hydroxylation is 1. The number of rotatable bonds is 7. The summed E-state index contributed by atoms with van der Waals surface area (Å²) in [6.07, 6.45) is 2.51. The Balaban J connectivity index is 1.67. The van der Waals surface area contributed by atoms with E-state index in [9.17, 15) is 9.90 Å². The summed E-state index contributed by atoms with van der Waals surface area (Å²) in [5.74, 6) is 1.78. The minimum Gasteiger partial charge on any atom is -0.391 e. The average molecular weight is 267 g/mol. The number of nitrogens with zero attached hydrogens (tertiary/aromatic N) is 2. The number of nitrogens with one attached hydrogen (secondary N) is 1. The monoisotopic (exact) mass is 267 g/mol. The van der Waals surface area contributed by atoms with E-state index in [1.54, 1.807) is 0 Å². The molecule has 1 saturated carbocycles. The van der Waals surface area contributed by atoms with Crippen LogP contribution in [0.4, 0.5) is 0 Å². The largest absolute Gasteiger partial charge is 0.391 e. The van der Waals surface area contributed by atoms with Gasteiger partial charge in [-0.05, 0) is 18.8 Å². The van der Waals surface area contributed by atoms with Crippen LogP contribution < -0.4 is 5.32 Å². The van der Waals surface area contributed by atoms with Crippen LogP contribution in [0.2, 0.25) is 0 Å². The smallest absolute Gasteiger partial charge is 0.227 e. The number of hydrogen-bond acceptors (Lipinski definition) is 5. The van der Waals surface area contributed by atoms with Gasteiger partial charge in [-0.2, -0.15) is 4.98 Å². The molecule has 1 aromatic heterocycles. The second-order valence-corrected chi connectivity index (χ2v) is 5.44. The quantitative estimate of drug-likeness (QED) is 0.769. The van der Waals surface area contributed by atoms with E-state index >= 15 is 0 Å². The van der Waals surface area contributed by atoms with Crippen LogP contribution in [-0.2, 0) is 11.2 Å². The van der Waals surface area contributed by atoms with Crippen molar-refractivity contribution in [2.75, 3.05) is 6.54 Å². The van der Waals surface area contributed by atoms with Crippen LogP contribution in [0.15, 0.2) is 4.52 Å². The first kappa shape index (κ1) is 14.0. The molecule has 0 spiro atoms. The minimum absolute atomic E-state index is 0.106. The van der Waals surface area contributed by atoms with Crippen molar-refractivity contribution in [3.05, 3.63) is 11.7 Å². The Labute approximate surface area is 112 Å². The van der Waals surface area contributed by atoms with Crippen LogP contribution in [0, 0.1) is 5.92 Å². The molecule has 0 saturated heterocycles. The molecule has 1 aliphatic rings. The van der Waals surface area contributed by atoms with E-state index in [1.165, 1.54) is 0 Å². The zero-order valence-electron chi connectivity index (χ0n) is 11.4. The first-order valence-electron chi connectivity index (χ1n) is 6.83. The van der Waals surface area contributed by atoms with Gasteiger partial charge in [-0.1, -0.05) is 19.0 Å². The van der Waals surface area contributed by atoms with Crippen molar-refractivity contribution in [2.45, 2.75) is 51.6 Å². The molecule has 1 heterocycles. The number of amides is 1. The Morgan fingerprint density at radius 1 is 1.53 bits per heavy atom. The highest BCUT2D eigenvalue weighted by Crippen LogP contribution is 2.38. The minimum atomic E-state index is -0.506. The third kappa shape index (κ3) is 4.31. The van der Waals surface area contributed by atoms with Gasteiger partial charge in [-0.15, -0.1) is 0 Å². The van der Waals surface area contributed by atoms with Crippen LogP contribution in [0.5, 0.6) is 0 Å². The highest BCUT2D eigenvalue weighted by Gasteiger charge is 2.28. The van der Waals surface area contributed by atoms with E-state index < -0.39 is 6.10 Å². The van der Waals surface area contributed by atoms with E-state index in [4.69, 9.17) is 4.52 Å². The van der Waals surface area contributed by atoms with Crippen molar-refractivity contribution in [1.82, 2.24) is 15.5 Å². The van der Waals surface area contributed by atoms with Crippen molar-refractivity contribution >= 4 is 5.91 Å². The maximum atomic E-state index is 11.6. The first-order valence-corrected chi connectivity index (χ1v) is 6.83. The number of carbonyl (C=O) groups is 1. The third-order valence-electron chi connectivity index (χ3n) is 3.27. The van der Waals surface area contributed by atoms with Gasteiger partial charge >= 0.3 is 0 Å². The van der Waals surface area contributed by atoms with Crippen molar-refractivity contribution in [3.8, 4) is 0 Å². The number of carbonyl (C=O) groups excluding carboxylic acids is 1. The average Bonchev–Trinajstić information content (AvgIpc) is 3.12. The lowest BCUT2D eigenvalue weighted by Gasteiger charge is -2.14. The fourth-order valence-electron chi connectivity index (χ4n) is 1.64. The number of hydrogen-bond donors (Lipinski definition) is 2. The van der Waals surface area contributed by atoms with Crippen molar-refractivity contribution < 1.29 is 14.4 Å². The molecule has 2 rings (SSSR count). The molecule has 1 unspecified atom stereocenters. The Morgan fingerprint density at radius 3 is 2.89 bits per heavy atom. The zero-order chi connectivity index (χ0) is 13.8. The lowest BCUT2D eigenvalue weighted by Crippen LogP contribution is -2.34. The normalized spacial score (nSPS) is 16.6. The number of aromatic nitrogens is 2. The molecular formula is C13H21N3O3. The highest BCUT2D eigenvalue weighted by molar-refractivity contribution is 5.76. The van der Waals surface area contributed by atoms with Crippen LogP contribution in [0.3, 0.4) is 0 Å². The van der Waals surface area contributed by atoms with E-state index in [2.05, 4.69) is 15.5 Å². The van der Waals surface area contributed by atoms with Crippen molar-refractivity contribution in [2.24, 2.45) is 5.92 Å². The number of aliphatic hydroxyl groups excluding tert-OH is 1. The molecule has 1 atom stereocenters. The van der Waals surface area contributed by atoms with E-state index in [-0.39, 0.29) is 18.4 Å². The molecule has 106 valence electrons. The van der Waals surface area contributed by atoms with Gasteiger partial charge in [0.15, 0.2) is 5.82 Å². The molecule has 0 aromatic carbocycles. The third-order valence-corrected chi connectivity index (χ3v) is 3.27. The summed E-state index contributed by atoms with van der Waals surface area (Å²) >= 11 is 0. The SMILES string of the molecule is CC(C)C(O)CNC(=O)CCc1nc(C2CC2)no1. The summed E-state index contributed by atoms with van der Waals surface area (Å²) in [5, 5.41) is 16.2. The summed E-state index contributed by atoms with van der Waals surface area (Å²) in [5.41, 5.74) is 0. The van der Waals surface area contributed by atoms with Crippen LogP contribution >= 0.6 is 0 Å². The predicted molar refractivity (Wildman–Crippen MR) is 68.4 cm³/mol. The molecule has 6 nitrogen and oxygen atoms in total. The van der Waals surface area contributed by atoms with E-state index in [0.717, 1.165) is 18.7 Å². The predicted octanol–water partition coefficient (Wildman–Crippen LogP) is 1.01. The lowest BCUT2D eigenvalue weighted by molar-refractivity contribution is -0.121. The molecule has 0 aliphatic heterocycles.